The molecule has 0 saturated heterocycles. The number of pyridine rings is 1. The largest absolute Gasteiger partial charge is 0.487 e. The highest BCUT2D eigenvalue weighted by atomic mass is 79.9. The summed E-state index contributed by atoms with van der Waals surface area (Å²) in [6, 6.07) is 10.9. The van der Waals surface area contributed by atoms with Crippen LogP contribution in [0.3, 0.4) is 0 Å². The molecule has 0 aliphatic heterocycles. The number of carbonyl (C=O) groups is 1. The molecule has 1 amide bonds. The van der Waals surface area contributed by atoms with Gasteiger partial charge in [-0.3, -0.25) is 25.2 Å². The quantitative estimate of drug-likeness (QED) is 0.194. The van der Waals surface area contributed by atoms with Gasteiger partial charge in [-0.1, -0.05) is 0 Å². The van der Waals surface area contributed by atoms with Crippen LogP contribution in [0.5, 0.6) is 5.75 Å². The van der Waals surface area contributed by atoms with E-state index in [-0.39, 0.29) is 28.7 Å². The van der Waals surface area contributed by atoms with Crippen LogP contribution in [0.4, 0.5) is 11.4 Å². The number of benzene rings is 2. The number of rotatable bonds is 6. The molecule has 0 bridgehead atoms. The Morgan fingerprint density at radius 3 is 2.79 bits per heavy atom. The van der Waals surface area contributed by atoms with E-state index in [9.17, 15) is 14.9 Å². The molecule has 2 N–H and O–H groups in total. The lowest BCUT2D eigenvalue weighted by Gasteiger charge is -2.10. The molecule has 0 fully saturated rings. The summed E-state index contributed by atoms with van der Waals surface area (Å²) < 4.78 is 11.8. The monoisotopic (exact) mass is 541 g/mol. The zero-order valence-corrected chi connectivity index (χ0v) is 20.0. The van der Waals surface area contributed by atoms with Gasteiger partial charge in [-0.2, -0.15) is 0 Å². The second-order valence-corrected chi connectivity index (χ2v) is 8.20. The van der Waals surface area contributed by atoms with E-state index in [0.29, 0.717) is 28.2 Å². The van der Waals surface area contributed by atoms with Gasteiger partial charge in [0.2, 0.25) is 5.89 Å². The van der Waals surface area contributed by atoms with E-state index >= 15 is 0 Å². The summed E-state index contributed by atoms with van der Waals surface area (Å²) in [5.41, 5.74) is 2.20. The summed E-state index contributed by atoms with van der Waals surface area (Å²) in [5, 5.41) is 16.7. The molecule has 34 heavy (non-hydrogen) atoms. The number of carbonyl (C=O) groups excluding carboxylic acids is 1. The maximum Gasteiger partial charge on any atom is 0.311 e. The number of thiocarbonyl (C=S) groups is 1. The minimum Gasteiger partial charge on any atom is -0.487 e. The molecule has 0 spiro atoms. The highest BCUT2D eigenvalue weighted by molar-refractivity contribution is 9.10. The molecule has 2 heterocycles. The third-order valence-corrected chi connectivity index (χ3v) is 5.18. The Bertz CT molecular complexity index is 1420. The van der Waals surface area contributed by atoms with E-state index in [1.807, 2.05) is 6.07 Å². The van der Waals surface area contributed by atoms with Gasteiger partial charge in [0.25, 0.3) is 5.91 Å². The first-order chi connectivity index (χ1) is 16.3. The van der Waals surface area contributed by atoms with Crippen LogP contribution in [0, 0.1) is 10.1 Å². The van der Waals surface area contributed by atoms with E-state index in [1.54, 1.807) is 37.5 Å². The van der Waals surface area contributed by atoms with Gasteiger partial charge in [-0.15, -0.1) is 0 Å². The summed E-state index contributed by atoms with van der Waals surface area (Å²) in [5.74, 6) is -0.104. The Balaban J connectivity index is 1.47. The van der Waals surface area contributed by atoms with Crippen LogP contribution in [0.1, 0.15) is 17.3 Å². The van der Waals surface area contributed by atoms with Crippen LogP contribution in [0.15, 0.2) is 63.7 Å². The third kappa shape index (κ3) is 5.18. The van der Waals surface area contributed by atoms with Crippen molar-refractivity contribution < 1.29 is 18.9 Å². The number of nitro benzene ring substituents is 1. The second-order valence-electron chi connectivity index (χ2n) is 6.87. The fourth-order valence-electron chi connectivity index (χ4n) is 3.07. The fourth-order valence-corrected chi connectivity index (χ4v) is 3.65. The van der Waals surface area contributed by atoms with E-state index in [0.717, 1.165) is 10.5 Å². The first kappa shape index (κ1) is 23.3. The van der Waals surface area contributed by atoms with Crippen LogP contribution in [0.25, 0.3) is 22.6 Å². The number of fused-ring (bicyclic) bond motifs is 1. The standard InChI is InChI=1S/C22H16BrN5O5S/c1-2-32-19-5-3-12(8-17(19)28(30)31)20(29)27-22(34)25-15-4-6-18-16(9-15)26-21(33-18)13-7-14(23)11-24-10-13/h3-11H,2H2,1H3,(H2,25,27,29,34). The Morgan fingerprint density at radius 1 is 1.24 bits per heavy atom. The molecule has 4 aromatic rings. The molecule has 12 heteroatoms. The topological polar surface area (TPSA) is 132 Å². The number of aromatic nitrogens is 2. The van der Waals surface area contributed by atoms with E-state index < -0.39 is 10.8 Å². The lowest BCUT2D eigenvalue weighted by atomic mass is 10.1. The number of oxazole rings is 1. The first-order valence-corrected chi connectivity index (χ1v) is 11.1. The highest BCUT2D eigenvalue weighted by Crippen LogP contribution is 2.29. The lowest BCUT2D eigenvalue weighted by Crippen LogP contribution is -2.34. The molecular weight excluding hydrogens is 526 g/mol. The normalized spacial score (nSPS) is 10.6. The second kappa shape index (κ2) is 9.93. The number of amides is 1. The molecule has 172 valence electrons. The SMILES string of the molecule is CCOc1ccc(C(=O)NC(=S)Nc2ccc3oc(-c4cncc(Br)c4)nc3c2)cc1[N+](=O)[O-]. The summed E-state index contributed by atoms with van der Waals surface area (Å²) in [6.45, 7) is 1.97. The van der Waals surface area contributed by atoms with Crippen LogP contribution in [-0.2, 0) is 0 Å². The molecular formula is C22H16BrN5O5S. The van der Waals surface area contributed by atoms with Crippen molar-refractivity contribution in [3.05, 3.63) is 75.0 Å². The predicted molar refractivity (Wildman–Crippen MR) is 133 cm³/mol. The van der Waals surface area contributed by atoms with Crippen LogP contribution in [-0.4, -0.2) is 32.5 Å². The molecule has 4 rings (SSSR count). The van der Waals surface area contributed by atoms with Gasteiger partial charge < -0.3 is 14.5 Å². The molecule has 0 radical (unpaired) electrons. The third-order valence-electron chi connectivity index (χ3n) is 4.54. The smallest absolute Gasteiger partial charge is 0.311 e. The van der Waals surface area contributed by atoms with Crippen molar-refractivity contribution in [1.82, 2.24) is 15.3 Å². The number of ether oxygens (including phenoxy) is 1. The maximum atomic E-state index is 12.6. The minimum atomic E-state index is -0.607. The van der Waals surface area contributed by atoms with Gasteiger partial charge in [0.1, 0.15) is 5.52 Å². The molecule has 0 atom stereocenters. The molecule has 10 nitrogen and oxygen atoms in total. The van der Waals surface area contributed by atoms with Crippen LogP contribution >= 0.6 is 28.1 Å². The van der Waals surface area contributed by atoms with Crippen LogP contribution in [0.2, 0.25) is 0 Å². The number of nitrogens with one attached hydrogen (secondary N) is 2. The van der Waals surface area contributed by atoms with Crippen molar-refractivity contribution in [3.8, 4) is 17.2 Å². The highest BCUT2D eigenvalue weighted by Gasteiger charge is 2.19. The Hall–Kier alpha value is -3.90. The molecule has 0 unspecified atom stereocenters. The number of hydrogen-bond donors (Lipinski definition) is 2. The van der Waals surface area contributed by atoms with E-state index in [1.165, 1.54) is 12.1 Å². The van der Waals surface area contributed by atoms with Crippen molar-refractivity contribution >= 4 is 61.6 Å². The van der Waals surface area contributed by atoms with Crippen molar-refractivity contribution in [1.29, 1.82) is 0 Å². The molecule has 2 aromatic heterocycles. The molecule has 0 aliphatic rings. The number of nitro groups is 1. The summed E-state index contributed by atoms with van der Waals surface area (Å²) in [6.07, 6.45) is 3.31. The number of nitrogens with zero attached hydrogens (tertiary/aromatic N) is 3. The summed E-state index contributed by atoms with van der Waals surface area (Å²) in [7, 11) is 0. The van der Waals surface area contributed by atoms with Crippen molar-refractivity contribution in [2.45, 2.75) is 6.92 Å². The summed E-state index contributed by atoms with van der Waals surface area (Å²) >= 11 is 8.59. The zero-order valence-electron chi connectivity index (χ0n) is 17.6. The average molecular weight is 542 g/mol. The zero-order chi connectivity index (χ0) is 24.2. The predicted octanol–water partition coefficient (Wildman–Crippen LogP) is 5.09. The van der Waals surface area contributed by atoms with Crippen molar-refractivity contribution in [2.75, 3.05) is 11.9 Å². The summed E-state index contributed by atoms with van der Waals surface area (Å²) in [4.78, 5) is 31.8. The maximum absolute atomic E-state index is 12.6. The van der Waals surface area contributed by atoms with Crippen LogP contribution < -0.4 is 15.4 Å². The van der Waals surface area contributed by atoms with Gasteiger partial charge in [-0.05, 0) is 71.5 Å². The van der Waals surface area contributed by atoms with E-state index in [2.05, 4.69) is 36.5 Å². The van der Waals surface area contributed by atoms with Gasteiger partial charge >= 0.3 is 5.69 Å². The Kier molecular flexibility index (Phi) is 6.80. The number of hydrogen-bond acceptors (Lipinski definition) is 8. The van der Waals surface area contributed by atoms with Gasteiger partial charge in [0.05, 0.1) is 17.1 Å². The van der Waals surface area contributed by atoms with Gasteiger partial charge in [-0.25, -0.2) is 4.98 Å². The fraction of sp³-hybridized carbons (Fsp3) is 0.0909. The van der Waals surface area contributed by atoms with Crippen molar-refractivity contribution in [2.24, 2.45) is 0 Å². The number of anilines is 1. The van der Waals surface area contributed by atoms with E-state index in [4.69, 9.17) is 21.4 Å². The first-order valence-electron chi connectivity index (χ1n) is 9.89. The molecule has 0 saturated carbocycles. The number of halogens is 1. The lowest BCUT2D eigenvalue weighted by molar-refractivity contribution is -0.385. The van der Waals surface area contributed by atoms with Gasteiger partial charge in [0, 0.05) is 34.2 Å². The van der Waals surface area contributed by atoms with Gasteiger partial charge in [0.15, 0.2) is 16.4 Å². The van der Waals surface area contributed by atoms with Crippen molar-refractivity contribution in [3.63, 3.8) is 0 Å². The molecule has 2 aromatic carbocycles. The minimum absolute atomic E-state index is 0.0146. The Morgan fingerprint density at radius 2 is 2.06 bits per heavy atom. The average Bonchev–Trinajstić information content (AvgIpc) is 3.23. The Labute approximate surface area is 206 Å². The molecule has 0 aliphatic carbocycles.